The quantitative estimate of drug-likeness (QED) is 0.393. The van der Waals surface area contributed by atoms with Crippen LogP contribution in [0.3, 0.4) is 0 Å². The average molecular weight is 567 g/mol. The van der Waals surface area contributed by atoms with Crippen LogP contribution in [-0.4, -0.2) is 59.5 Å². The predicted molar refractivity (Wildman–Crippen MR) is 160 cm³/mol. The average Bonchev–Trinajstić information content (AvgIpc) is 3.24. The first-order chi connectivity index (χ1) is 19.1. The molecule has 0 spiro atoms. The van der Waals surface area contributed by atoms with E-state index in [1.807, 2.05) is 45.0 Å². The van der Waals surface area contributed by atoms with Crippen molar-refractivity contribution < 1.29 is 13.2 Å². The Labute approximate surface area is 237 Å². The number of sulfonamides is 1. The van der Waals surface area contributed by atoms with Crippen molar-refractivity contribution in [3.05, 3.63) is 68.8 Å². The van der Waals surface area contributed by atoms with Crippen molar-refractivity contribution >= 4 is 26.7 Å². The number of H-pyrrole nitrogens is 1. The number of nitrogens with one attached hydrogen (secondary N) is 2. The zero-order chi connectivity index (χ0) is 28.6. The summed E-state index contributed by atoms with van der Waals surface area (Å²) in [5.41, 5.74) is 4.99. The van der Waals surface area contributed by atoms with Crippen LogP contribution in [0.2, 0.25) is 0 Å². The summed E-state index contributed by atoms with van der Waals surface area (Å²) in [6, 6.07) is 10.1. The number of ketones is 1. The number of carbonyl (C=O) groups is 1. The summed E-state index contributed by atoms with van der Waals surface area (Å²) in [5.74, 6) is 0.354. The maximum atomic E-state index is 13.7. The summed E-state index contributed by atoms with van der Waals surface area (Å²) in [6.07, 6.45) is 3.64. The first-order valence-corrected chi connectivity index (χ1v) is 16.1. The minimum atomic E-state index is -3.27. The van der Waals surface area contributed by atoms with Crippen molar-refractivity contribution in [3.63, 3.8) is 0 Å². The number of rotatable bonds is 8. The minimum absolute atomic E-state index is 0.0434. The highest BCUT2D eigenvalue weighted by atomic mass is 32.2. The second-order valence-corrected chi connectivity index (χ2v) is 13.9. The third-order valence-electron chi connectivity index (χ3n) is 9.19. The minimum Gasteiger partial charge on any atom is -0.341 e. The Morgan fingerprint density at radius 2 is 1.73 bits per heavy atom. The fraction of sp³-hybridized carbons (Fsp3) is 0.548. The van der Waals surface area contributed by atoms with Crippen LogP contribution in [0.15, 0.2) is 35.1 Å². The molecule has 8 nitrogen and oxygen atoms in total. The van der Waals surface area contributed by atoms with Crippen LogP contribution < -0.4 is 10.9 Å². The number of aromatic nitrogens is 2. The number of hydrogen-bond acceptors (Lipinski definition) is 5. The van der Waals surface area contributed by atoms with E-state index in [0.29, 0.717) is 43.8 Å². The van der Waals surface area contributed by atoms with Gasteiger partial charge < -0.3 is 14.9 Å². The highest BCUT2D eigenvalue weighted by molar-refractivity contribution is 7.89. The molecule has 1 atom stereocenters. The molecule has 4 heterocycles. The van der Waals surface area contributed by atoms with Gasteiger partial charge in [-0.2, -0.15) is 0 Å². The van der Waals surface area contributed by atoms with Gasteiger partial charge in [-0.05, 0) is 96.5 Å². The van der Waals surface area contributed by atoms with Gasteiger partial charge in [0.05, 0.1) is 5.25 Å². The molecule has 0 radical (unpaired) electrons. The smallest absolute Gasteiger partial charge is 0.251 e. The number of piperidine rings is 2. The van der Waals surface area contributed by atoms with Crippen LogP contribution in [0, 0.1) is 26.7 Å². The number of benzene rings is 1. The summed E-state index contributed by atoms with van der Waals surface area (Å²) >= 11 is 0. The van der Waals surface area contributed by atoms with Gasteiger partial charge in [-0.3, -0.25) is 9.59 Å². The van der Waals surface area contributed by atoms with Crippen molar-refractivity contribution in [2.45, 2.75) is 77.5 Å². The van der Waals surface area contributed by atoms with Gasteiger partial charge in [0.15, 0.2) is 5.78 Å². The molecule has 2 N–H and O–H groups in total. The normalized spacial score (nSPS) is 18.8. The second kappa shape index (κ2) is 11.6. The largest absolute Gasteiger partial charge is 0.341 e. The Bertz CT molecular complexity index is 1560. The van der Waals surface area contributed by atoms with E-state index >= 15 is 0 Å². The molecule has 2 aliphatic heterocycles. The van der Waals surface area contributed by atoms with Gasteiger partial charge in [-0.1, -0.05) is 18.2 Å². The standard InChI is InChI=1S/C31H42N4O4S/c1-20-19-21(2)33-31(37)26(20)9-10-29(36)30-23(4)35(28-8-6-5-7-27(28)30)22(3)24-13-17-34(18-14-24)40(38,39)25-11-15-32-16-12-25/h5-8,19,22,24-25,32H,9-18H2,1-4H3,(H,33,37)/t22-/m1/s1. The van der Waals surface area contributed by atoms with Crippen LogP contribution >= 0.6 is 0 Å². The van der Waals surface area contributed by atoms with Crippen LogP contribution in [-0.2, 0) is 16.4 Å². The SMILES string of the molecule is Cc1cc(C)c(CCC(=O)c2c(C)n([C@H](C)C3CCN(S(=O)(=O)C4CCNCC4)CC3)c3ccccc23)c(=O)[nH]1. The lowest BCUT2D eigenvalue weighted by atomic mass is 9.91. The summed E-state index contributed by atoms with van der Waals surface area (Å²) < 4.78 is 30.5. The third kappa shape index (κ3) is 5.43. The Balaban J connectivity index is 1.35. The molecule has 3 aromatic rings. The van der Waals surface area contributed by atoms with Crippen LogP contribution in [0.1, 0.15) is 77.9 Å². The monoisotopic (exact) mass is 566 g/mol. The van der Waals surface area contributed by atoms with Gasteiger partial charge >= 0.3 is 0 Å². The van der Waals surface area contributed by atoms with Gasteiger partial charge in [0.2, 0.25) is 10.0 Å². The number of fused-ring (bicyclic) bond motifs is 1. The number of pyridine rings is 1. The Hall–Kier alpha value is -2.75. The Morgan fingerprint density at radius 1 is 1.05 bits per heavy atom. The van der Waals surface area contributed by atoms with Gasteiger partial charge in [0, 0.05) is 59.0 Å². The molecule has 0 saturated carbocycles. The maximum Gasteiger partial charge on any atom is 0.251 e. The second-order valence-electron chi connectivity index (χ2n) is 11.7. The van der Waals surface area contributed by atoms with E-state index in [-0.39, 0.29) is 29.1 Å². The Kier molecular flexibility index (Phi) is 8.36. The van der Waals surface area contributed by atoms with E-state index in [2.05, 4.69) is 27.9 Å². The van der Waals surface area contributed by atoms with Gasteiger partial charge in [0.1, 0.15) is 0 Å². The van der Waals surface area contributed by atoms with Gasteiger partial charge in [-0.15, -0.1) is 0 Å². The van der Waals surface area contributed by atoms with Gasteiger partial charge in [0.25, 0.3) is 5.56 Å². The maximum absolute atomic E-state index is 13.7. The van der Waals surface area contributed by atoms with E-state index in [0.717, 1.165) is 59.3 Å². The first-order valence-electron chi connectivity index (χ1n) is 14.6. The molecule has 40 heavy (non-hydrogen) atoms. The zero-order valence-electron chi connectivity index (χ0n) is 24.1. The molecule has 0 unspecified atom stereocenters. The third-order valence-corrected chi connectivity index (χ3v) is 11.6. The molecule has 2 fully saturated rings. The van der Waals surface area contributed by atoms with Crippen molar-refractivity contribution in [2.75, 3.05) is 26.2 Å². The molecule has 2 aromatic heterocycles. The zero-order valence-corrected chi connectivity index (χ0v) is 24.9. The fourth-order valence-corrected chi connectivity index (χ4v) is 8.92. The van der Waals surface area contributed by atoms with Crippen molar-refractivity contribution in [1.29, 1.82) is 0 Å². The molecule has 0 aliphatic carbocycles. The topological polar surface area (TPSA) is 104 Å². The predicted octanol–water partition coefficient (Wildman–Crippen LogP) is 4.43. The molecule has 2 saturated heterocycles. The molecule has 0 amide bonds. The van der Waals surface area contributed by atoms with Crippen LogP contribution in [0.5, 0.6) is 0 Å². The number of aryl methyl sites for hydroxylation is 2. The van der Waals surface area contributed by atoms with Crippen LogP contribution in [0.25, 0.3) is 10.9 Å². The molecule has 1 aromatic carbocycles. The van der Waals surface area contributed by atoms with E-state index in [4.69, 9.17) is 0 Å². The molecule has 216 valence electrons. The molecule has 9 heteroatoms. The fourth-order valence-electron chi connectivity index (χ4n) is 6.95. The summed E-state index contributed by atoms with van der Waals surface area (Å²) in [6.45, 7) is 10.6. The molecule has 2 aliphatic rings. The number of Topliss-reactive ketones (excluding diaryl/α,β-unsaturated/α-hetero) is 1. The van der Waals surface area contributed by atoms with E-state index in [1.165, 1.54) is 0 Å². The Morgan fingerprint density at radius 3 is 2.40 bits per heavy atom. The number of para-hydroxylation sites is 1. The summed E-state index contributed by atoms with van der Waals surface area (Å²) in [5, 5.41) is 3.93. The van der Waals surface area contributed by atoms with Crippen molar-refractivity contribution in [1.82, 2.24) is 19.2 Å². The number of carbonyl (C=O) groups excluding carboxylic acids is 1. The molecular formula is C31H42N4O4S. The van der Waals surface area contributed by atoms with E-state index in [9.17, 15) is 18.0 Å². The van der Waals surface area contributed by atoms with Crippen molar-refractivity contribution in [3.8, 4) is 0 Å². The van der Waals surface area contributed by atoms with E-state index in [1.54, 1.807) is 4.31 Å². The number of nitrogens with zero attached hydrogens (tertiary/aromatic N) is 2. The van der Waals surface area contributed by atoms with Crippen molar-refractivity contribution in [2.24, 2.45) is 5.92 Å². The lowest BCUT2D eigenvalue weighted by molar-refractivity contribution is 0.0983. The van der Waals surface area contributed by atoms with Crippen LogP contribution in [0.4, 0.5) is 0 Å². The highest BCUT2D eigenvalue weighted by Crippen LogP contribution is 2.37. The highest BCUT2D eigenvalue weighted by Gasteiger charge is 2.37. The summed E-state index contributed by atoms with van der Waals surface area (Å²) in [7, 11) is -3.27. The van der Waals surface area contributed by atoms with E-state index < -0.39 is 10.0 Å². The summed E-state index contributed by atoms with van der Waals surface area (Å²) in [4.78, 5) is 29.0. The van der Waals surface area contributed by atoms with Gasteiger partial charge in [-0.25, -0.2) is 12.7 Å². The lowest BCUT2D eigenvalue weighted by Crippen LogP contribution is -2.47. The molecule has 5 rings (SSSR count). The number of hydrogen-bond donors (Lipinski definition) is 2. The lowest BCUT2D eigenvalue weighted by Gasteiger charge is -2.37. The first kappa shape index (κ1) is 28.8. The number of aromatic amines is 1. The molecule has 0 bridgehead atoms. The molecular weight excluding hydrogens is 524 g/mol.